The van der Waals surface area contributed by atoms with E-state index in [4.69, 9.17) is 4.74 Å². The molecule has 0 radical (unpaired) electrons. The quantitative estimate of drug-likeness (QED) is 0.929. The Bertz CT molecular complexity index is 609. The molecule has 1 aromatic carbocycles. The molecule has 4 nitrogen and oxygen atoms in total. The Balaban J connectivity index is 2.13. The number of aromatic nitrogens is 1. The van der Waals surface area contributed by atoms with E-state index in [0.717, 1.165) is 22.4 Å². The Hall–Kier alpha value is -2.36. The fraction of sp³-hybridized carbons (Fsp3) is 0.250. The maximum absolute atomic E-state index is 12.0. The van der Waals surface area contributed by atoms with E-state index in [9.17, 15) is 4.79 Å². The number of carbonyl (C=O) groups excluding carboxylic acids is 1. The van der Waals surface area contributed by atoms with Gasteiger partial charge in [-0.2, -0.15) is 0 Å². The van der Waals surface area contributed by atoms with Crippen LogP contribution in [0, 0.1) is 13.8 Å². The molecule has 20 heavy (non-hydrogen) atoms. The minimum absolute atomic E-state index is 0.187. The van der Waals surface area contributed by atoms with Gasteiger partial charge in [-0.3, -0.25) is 9.78 Å². The lowest BCUT2D eigenvalue weighted by Crippen LogP contribution is -2.24. The first kappa shape index (κ1) is 14.1. The highest BCUT2D eigenvalue weighted by Gasteiger charge is 2.11. The van der Waals surface area contributed by atoms with Crippen LogP contribution in [-0.4, -0.2) is 18.0 Å². The van der Waals surface area contributed by atoms with Crippen LogP contribution in [0.15, 0.2) is 36.5 Å². The summed E-state index contributed by atoms with van der Waals surface area (Å²) in [6.07, 6.45) is 1.60. The number of pyridine rings is 1. The molecule has 0 saturated heterocycles. The highest BCUT2D eigenvalue weighted by atomic mass is 16.5. The van der Waals surface area contributed by atoms with Gasteiger partial charge in [-0.15, -0.1) is 0 Å². The zero-order valence-corrected chi connectivity index (χ0v) is 11.9. The van der Waals surface area contributed by atoms with Crippen molar-refractivity contribution in [3.63, 3.8) is 0 Å². The molecule has 104 valence electrons. The van der Waals surface area contributed by atoms with E-state index in [-0.39, 0.29) is 5.91 Å². The summed E-state index contributed by atoms with van der Waals surface area (Å²) in [5.41, 5.74) is 3.64. The van der Waals surface area contributed by atoms with Crippen molar-refractivity contribution in [2.24, 2.45) is 0 Å². The number of hydrogen-bond acceptors (Lipinski definition) is 3. The summed E-state index contributed by atoms with van der Waals surface area (Å²) in [5.74, 6) is 0.608. The van der Waals surface area contributed by atoms with Crippen LogP contribution in [0.4, 0.5) is 0 Å². The predicted molar refractivity (Wildman–Crippen MR) is 77.9 cm³/mol. The van der Waals surface area contributed by atoms with Gasteiger partial charge in [0.2, 0.25) is 0 Å². The van der Waals surface area contributed by atoms with Crippen molar-refractivity contribution in [1.29, 1.82) is 0 Å². The molecule has 0 saturated carbocycles. The standard InChI is InChI=1S/C16H18N2O2/c1-11-8-12(2)13(15(9-11)20-3)10-18-16(19)14-6-4-5-7-17-14/h4-9H,10H2,1-3H3,(H,18,19). The van der Waals surface area contributed by atoms with Gasteiger partial charge < -0.3 is 10.1 Å². The lowest BCUT2D eigenvalue weighted by Gasteiger charge is -2.13. The molecule has 0 atom stereocenters. The van der Waals surface area contributed by atoms with E-state index in [1.165, 1.54) is 0 Å². The lowest BCUT2D eigenvalue weighted by molar-refractivity contribution is 0.0945. The van der Waals surface area contributed by atoms with Crippen LogP contribution >= 0.6 is 0 Å². The molecule has 0 aliphatic heterocycles. The lowest BCUT2D eigenvalue weighted by atomic mass is 10.0. The summed E-state index contributed by atoms with van der Waals surface area (Å²) >= 11 is 0. The molecule has 1 N–H and O–H groups in total. The second kappa shape index (κ2) is 6.19. The third-order valence-electron chi connectivity index (χ3n) is 3.12. The monoisotopic (exact) mass is 270 g/mol. The number of ether oxygens (including phenoxy) is 1. The Morgan fingerprint density at radius 1 is 1.30 bits per heavy atom. The molecular formula is C16H18N2O2. The number of amides is 1. The molecule has 0 unspecified atom stereocenters. The Labute approximate surface area is 118 Å². The van der Waals surface area contributed by atoms with Gasteiger partial charge in [0.25, 0.3) is 5.91 Å². The third-order valence-corrected chi connectivity index (χ3v) is 3.12. The molecule has 1 heterocycles. The van der Waals surface area contributed by atoms with Crippen LogP contribution < -0.4 is 10.1 Å². The number of hydrogen-bond donors (Lipinski definition) is 1. The van der Waals surface area contributed by atoms with E-state index in [2.05, 4.69) is 16.4 Å². The molecular weight excluding hydrogens is 252 g/mol. The zero-order chi connectivity index (χ0) is 14.5. The topological polar surface area (TPSA) is 51.2 Å². The molecule has 0 fully saturated rings. The Morgan fingerprint density at radius 3 is 2.75 bits per heavy atom. The number of benzene rings is 1. The fourth-order valence-electron chi connectivity index (χ4n) is 2.12. The minimum atomic E-state index is -0.187. The molecule has 0 bridgehead atoms. The molecule has 1 amide bonds. The van der Waals surface area contributed by atoms with Gasteiger partial charge in [0.15, 0.2) is 0 Å². The van der Waals surface area contributed by atoms with Gasteiger partial charge >= 0.3 is 0 Å². The number of aryl methyl sites for hydroxylation is 2. The van der Waals surface area contributed by atoms with Crippen LogP contribution in [0.2, 0.25) is 0 Å². The highest BCUT2D eigenvalue weighted by Crippen LogP contribution is 2.23. The molecule has 2 aromatic rings. The number of methoxy groups -OCH3 is 1. The van der Waals surface area contributed by atoms with E-state index in [0.29, 0.717) is 12.2 Å². The molecule has 1 aromatic heterocycles. The van der Waals surface area contributed by atoms with Crippen LogP contribution in [0.25, 0.3) is 0 Å². The summed E-state index contributed by atoms with van der Waals surface area (Å²) < 4.78 is 5.38. The zero-order valence-electron chi connectivity index (χ0n) is 11.9. The maximum atomic E-state index is 12.0. The van der Waals surface area contributed by atoms with Crippen molar-refractivity contribution in [2.45, 2.75) is 20.4 Å². The van der Waals surface area contributed by atoms with Crippen molar-refractivity contribution in [3.05, 3.63) is 58.9 Å². The third kappa shape index (κ3) is 3.15. The van der Waals surface area contributed by atoms with E-state index in [1.54, 1.807) is 31.5 Å². The number of nitrogens with zero attached hydrogens (tertiary/aromatic N) is 1. The van der Waals surface area contributed by atoms with Crippen molar-refractivity contribution < 1.29 is 9.53 Å². The Morgan fingerprint density at radius 2 is 2.10 bits per heavy atom. The van der Waals surface area contributed by atoms with Gasteiger partial charge in [0.1, 0.15) is 11.4 Å². The second-order valence-corrected chi connectivity index (χ2v) is 4.66. The van der Waals surface area contributed by atoms with E-state index in [1.807, 2.05) is 19.9 Å². The highest BCUT2D eigenvalue weighted by molar-refractivity contribution is 5.92. The van der Waals surface area contributed by atoms with Gasteiger partial charge in [-0.05, 0) is 43.2 Å². The maximum Gasteiger partial charge on any atom is 0.270 e. The van der Waals surface area contributed by atoms with Crippen molar-refractivity contribution in [3.8, 4) is 5.75 Å². The normalized spacial score (nSPS) is 10.2. The smallest absolute Gasteiger partial charge is 0.270 e. The average molecular weight is 270 g/mol. The molecule has 4 heteroatoms. The van der Waals surface area contributed by atoms with Gasteiger partial charge in [0, 0.05) is 18.3 Å². The average Bonchev–Trinajstić information content (AvgIpc) is 2.46. The molecule has 2 rings (SSSR count). The first-order valence-electron chi connectivity index (χ1n) is 6.45. The van der Waals surface area contributed by atoms with Crippen LogP contribution in [0.1, 0.15) is 27.2 Å². The summed E-state index contributed by atoms with van der Waals surface area (Å²) in [5, 5.41) is 2.87. The first-order chi connectivity index (χ1) is 9.61. The summed E-state index contributed by atoms with van der Waals surface area (Å²) in [4.78, 5) is 16.0. The minimum Gasteiger partial charge on any atom is -0.496 e. The summed E-state index contributed by atoms with van der Waals surface area (Å²) in [6, 6.07) is 9.30. The molecule has 0 spiro atoms. The Kier molecular flexibility index (Phi) is 4.35. The van der Waals surface area contributed by atoms with Crippen molar-refractivity contribution >= 4 is 5.91 Å². The van der Waals surface area contributed by atoms with Crippen molar-refractivity contribution in [1.82, 2.24) is 10.3 Å². The van der Waals surface area contributed by atoms with E-state index < -0.39 is 0 Å². The first-order valence-corrected chi connectivity index (χ1v) is 6.45. The second-order valence-electron chi connectivity index (χ2n) is 4.66. The number of carbonyl (C=O) groups is 1. The van der Waals surface area contributed by atoms with Gasteiger partial charge in [-0.25, -0.2) is 0 Å². The molecule has 0 aliphatic carbocycles. The molecule has 0 aliphatic rings. The van der Waals surface area contributed by atoms with Crippen LogP contribution in [-0.2, 0) is 6.54 Å². The summed E-state index contributed by atoms with van der Waals surface area (Å²) in [7, 11) is 1.64. The number of rotatable bonds is 4. The van der Waals surface area contributed by atoms with Crippen LogP contribution in [0.5, 0.6) is 5.75 Å². The number of nitrogens with one attached hydrogen (secondary N) is 1. The largest absolute Gasteiger partial charge is 0.496 e. The van der Waals surface area contributed by atoms with Crippen molar-refractivity contribution in [2.75, 3.05) is 7.11 Å². The predicted octanol–water partition coefficient (Wildman–Crippen LogP) is 2.64. The van der Waals surface area contributed by atoms with Crippen LogP contribution in [0.3, 0.4) is 0 Å². The van der Waals surface area contributed by atoms with Gasteiger partial charge in [0.05, 0.1) is 7.11 Å². The van der Waals surface area contributed by atoms with E-state index >= 15 is 0 Å². The SMILES string of the molecule is COc1cc(C)cc(C)c1CNC(=O)c1ccccn1. The van der Waals surface area contributed by atoms with Gasteiger partial charge in [-0.1, -0.05) is 12.1 Å². The fourth-order valence-corrected chi connectivity index (χ4v) is 2.12. The summed E-state index contributed by atoms with van der Waals surface area (Å²) in [6.45, 7) is 4.45.